The van der Waals surface area contributed by atoms with Crippen molar-refractivity contribution < 1.29 is 4.74 Å². The van der Waals surface area contributed by atoms with Crippen LogP contribution >= 0.6 is 11.9 Å². The molecule has 2 aliphatic rings. The molecular formula is C6H11N3OS. The summed E-state index contributed by atoms with van der Waals surface area (Å²) < 4.78 is 9.14. The molecule has 2 aliphatic heterocycles. The fraction of sp³-hybridized carbons (Fsp3) is 1.00. The molecule has 0 aliphatic carbocycles. The Morgan fingerprint density at radius 3 is 2.82 bits per heavy atom. The van der Waals surface area contributed by atoms with Gasteiger partial charge in [-0.2, -0.15) is 5.11 Å². The fourth-order valence-corrected chi connectivity index (χ4v) is 1.93. The average molecular weight is 173 g/mol. The van der Waals surface area contributed by atoms with Crippen LogP contribution in [0.25, 0.3) is 0 Å². The van der Waals surface area contributed by atoms with Crippen LogP contribution in [0.4, 0.5) is 0 Å². The van der Waals surface area contributed by atoms with E-state index in [-0.39, 0.29) is 0 Å². The van der Waals surface area contributed by atoms with Crippen molar-refractivity contribution in [1.82, 2.24) is 4.90 Å². The van der Waals surface area contributed by atoms with Gasteiger partial charge in [-0.3, -0.25) is 4.90 Å². The lowest BCUT2D eigenvalue weighted by Gasteiger charge is -2.28. The third-order valence-corrected chi connectivity index (χ3v) is 2.59. The molecule has 5 heteroatoms. The standard InChI is InChI=1S/C6H11N3OS/c1-3-10-4-2-9(1)6-5-11-8-7-6/h6H,1-5H2. The zero-order valence-corrected chi connectivity index (χ0v) is 7.09. The van der Waals surface area contributed by atoms with Crippen molar-refractivity contribution in [3.63, 3.8) is 0 Å². The lowest BCUT2D eigenvalue weighted by molar-refractivity contribution is 0.0226. The SMILES string of the molecule is C1CN(C2CSN=N2)CCO1. The van der Waals surface area contributed by atoms with E-state index in [9.17, 15) is 0 Å². The van der Waals surface area contributed by atoms with Crippen LogP contribution in [0.3, 0.4) is 0 Å². The van der Waals surface area contributed by atoms with Crippen molar-refractivity contribution in [2.24, 2.45) is 9.63 Å². The molecule has 1 atom stereocenters. The van der Waals surface area contributed by atoms with Gasteiger partial charge in [-0.15, -0.1) is 4.52 Å². The molecule has 2 rings (SSSR count). The Morgan fingerprint density at radius 2 is 2.18 bits per heavy atom. The van der Waals surface area contributed by atoms with Gasteiger partial charge in [0.25, 0.3) is 0 Å². The quantitative estimate of drug-likeness (QED) is 0.549. The van der Waals surface area contributed by atoms with Gasteiger partial charge in [-0.05, 0) is 0 Å². The first-order chi connectivity index (χ1) is 5.47. The molecule has 2 heterocycles. The van der Waals surface area contributed by atoms with Crippen molar-refractivity contribution in [1.29, 1.82) is 0 Å². The van der Waals surface area contributed by atoms with E-state index in [1.54, 1.807) is 11.9 Å². The fourth-order valence-electron chi connectivity index (χ4n) is 1.28. The van der Waals surface area contributed by atoms with Crippen molar-refractivity contribution >= 4 is 11.9 Å². The lowest BCUT2D eigenvalue weighted by atomic mass is 10.4. The van der Waals surface area contributed by atoms with Gasteiger partial charge in [0.05, 0.1) is 19.0 Å². The predicted molar refractivity (Wildman–Crippen MR) is 43.5 cm³/mol. The maximum atomic E-state index is 5.24. The van der Waals surface area contributed by atoms with E-state index in [1.807, 2.05) is 0 Å². The van der Waals surface area contributed by atoms with Crippen molar-refractivity contribution in [3.8, 4) is 0 Å². The summed E-state index contributed by atoms with van der Waals surface area (Å²) in [7, 11) is 0. The average Bonchev–Trinajstić information content (AvgIpc) is 2.58. The van der Waals surface area contributed by atoms with E-state index in [4.69, 9.17) is 4.74 Å². The minimum absolute atomic E-state index is 0.323. The van der Waals surface area contributed by atoms with Gasteiger partial charge in [0, 0.05) is 25.0 Å². The minimum atomic E-state index is 0.323. The van der Waals surface area contributed by atoms with Crippen LogP contribution in [0.1, 0.15) is 0 Å². The second kappa shape index (κ2) is 3.51. The molecule has 0 spiro atoms. The molecule has 1 fully saturated rings. The number of hydrogen-bond donors (Lipinski definition) is 0. The third-order valence-electron chi connectivity index (χ3n) is 1.93. The molecule has 11 heavy (non-hydrogen) atoms. The first-order valence-electron chi connectivity index (χ1n) is 3.81. The molecule has 0 aromatic carbocycles. The molecule has 0 aromatic rings. The lowest BCUT2D eigenvalue weighted by Crippen LogP contribution is -2.42. The van der Waals surface area contributed by atoms with Gasteiger partial charge in [-0.25, -0.2) is 0 Å². The van der Waals surface area contributed by atoms with Crippen LogP contribution in [0.5, 0.6) is 0 Å². The molecule has 1 saturated heterocycles. The van der Waals surface area contributed by atoms with E-state index in [0.717, 1.165) is 32.1 Å². The van der Waals surface area contributed by atoms with E-state index >= 15 is 0 Å². The largest absolute Gasteiger partial charge is 0.379 e. The monoisotopic (exact) mass is 173 g/mol. The zero-order chi connectivity index (χ0) is 7.52. The molecule has 4 nitrogen and oxygen atoms in total. The van der Waals surface area contributed by atoms with Crippen LogP contribution in [-0.2, 0) is 4.74 Å². The number of nitrogens with zero attached hydrogens (tertiary/aromatic N) is 3. The Bertz CT molecular complexity index is 158. The minimum Gasteiger partial charge on any atom is -0.379 e. The Morgan fingerprint density at radius 1 is 1.36 bits per heavy atom. The van der Waals surface area contributed by atoms with Gasteiger partial charge in [0.2, 0.25) is 0 Å². The van der Waals surface area contributed by atoms with Gasteiger partial charge in [0.1, 0.15) is 6.17 Å². The summed E-state index contributed by atoms with van der Waals surface area (Å²) in [6, 6.07) is 0. The van der Waals surface area contributed by atoms with Crippen LogP contribution in [-0.4, -0.2) is 43.1 Å². The van der Waals surface area contributed by atoms with E-state index in [1.165, 1.54) is 0 Å². The maximum absolute atomic E-state index is 5.24. The number of ether oxygens (including phenoxy) is 1. The third kappa shape index (κ3) is 1.72. The molecule has 62 valence electrons. The van der Waals surface area contributed by atoms with Gasteiger partial charge in [0.15, 0.2) is 0 Å². The summed E-state index contributed by atoms with van der Waals surface area (Å²) >= 11 is 1.55. The van der Waals surface area contributed by atoms with Gasteiger partial charge < -0.3 is 4.74 Å². The molecule has 0 aromatic heterocycles. The Kier molecular flexibility index (Phi) is 2.40. The maximum Gasteiger partial charge on any atom is 0.135 e. The zero-order valence-electron chi connectivity index (χ0n) is 6.27. The van der Waals surface area contributed by atoms with Crippen molar-refractivity contribution in [3.05, 3.63) is 0 Å². The highest BCUT2D eigenvalue weighted by Gasteiger charge is 2.23. The van der Waals surface area contributed by atoms with Crippen molar-refractivity contribution in [2.75, 3.05) is 32.1 Å². The van der Waals surface area contributed by atoms with Crippen LogP contribution in [0, 0.1) is 0 Å². The number of morpholine rings is 1. The van der Waals surface area contributed by atoms with E-state index in [0.29, 0.717) is 6.17 Å². The molecule has 0 bridgehead atoms. The Balaban J connectivity index is 1.87. The molecule has 1 unspecified atom stereocenters. The Hall–Kier alpha value is -0.130. The highest BCUT2D eigenvalue weighted by molar-refractivity contribution is 7.98. The summed E-state index contributed by atoms with van der Waals surface area (Å²) in [6.45, 7) is 3.70. The second-order valence-corrected chi connectivity index (χ2v) is 3.38. The smallest absolute Gasteiger partial charge is 0.135 e. The Labute approximate surface area is 70.1 Å². The molecule has 0 radical (unpaired) electrons. The second-order valence-electron chi connectivity index (χ2n) is 2.62. The number of rotatable bonds is 1. The summed E-state index contributed by atoms with van der Waals surface area (Å²) in [4.78, 5) is 2.33. The topological polar surface area (TPSA) is 37.2 Å². The van der Waals surface area contributed by atoms with Crippen LogP contribution < -0.4 is 0 Å². The molecule has 0 N–H and O–H groups in total. The first-order valence-corrected chi connectivity index (χ1v) is 4.75. The van der Waals surface area contributed by atoms with Crippen LogP contribution in [0.2, 0.25) is 0 Å². The summed E-state index contributed by atoms with van der Waals surface area (Å²) in [6.07, 6.45) is 0.323. The van der Waals surface area contributed by atoms with E-state index in [2.05, 4.69) is 14.5 Å². The molecule has 0 saturated carbocycles. The predicted octanol–water partition coefficient (Wildman–Crippen LogP) is 0.759. The van der Waals surface area contributed by atoms with E-state index < -0.39 is 0 Å². The highest BCUT2D eigenvalue weighted by atomic mass is 32.2. The summed E-state index contributed by atoms with van der Waals surface area (Å²) in [5, 5.41) is 4.12. The summed E-state index contributed by atoms with van der Waals surface area (Å²) in [5.74, 6) is 1.01. The molecular weight excluding hydrogens is 162 g/mol. The summed E-state index contributed by atoms with van der Waals surface area (Å²) in [5.41, 5.74) is 0. The van der Waals surface area contributed by atoms with Gasteiger partial charge in [-0.1, -0.05) is 0 Å². The number of hydrogen-bond acceptors (Lipinski definition) is 5. The van der Waals surface area contributed by atoms with Gasteiger partial charge >= 0.3 is 0 Å². The normalized spacial score (nSPS) is 32.9. The molecule has 0 amide bonds. The highest BCUT2D eigenvalue weighted by Crippen LogP contribution is 2.20. The van der Waals surface area contributed by atoms with Crippen molar-refractivity contribution in [2.45, 2.75) is 6.17 Å². The van der Waals surface area contributed by atoms with Crippen LogP contribution in [0.15, 0.2) is 9.63 Å². The first kappa shape index (κ1) is 7.52.